The van der Waals surface area contributed by atoms with E-state index in [1.54, 1.807) is 6.07 Å². The molecule has 0 saturated carbocycles. The number of morpholine rings is 1. The normalized spacial score (nSPS) is 23.5. The van der Waals surface area contributed by atoms with E-state index in [-0.39, 0.29) is 11.9 Å². The maximum atomic E-state index is 13.5. The number of piperazine rings is 1. The first kappa shape index (κ1) is 21.1. The average Bonchev–Trinajstić information content (AvgIpc) is 2.83. The Morgan fingerprint density at radius 1 is 0.969 bits per heavy atom. The summed E-state index contributed by atoms with van der Waals surface area (Å²) in [5.74, 6) is -0.378. The van der Waals surface area contributed by atoms with Crippen LogP contribution < -0.4 is 9.80 Å². The number of carbonyl (C=O) groups excluding carboxylic acids is 1. The summed E-state index contributed by atoms with van der Waals surface area (Å²) in [6.45, 7) is 4.12. The maximum absolute atomic E-state index is 13.5. The van der Waals surface area contributed by atoms with Gasteiger partial charge >= 0.3 is 6.18 Å². The number of para-hydroxylation sites is 1. The molecule has 3 heterocycles. The summed E-state index contributed by atoms with van der Waals surface area (Å²) in [5, 5.41) is 0. The molecule has 5 nitrogen and oxygen atoms in total. The minimum Gasteiger partial charge on any atom is -0.378 e. The number of benzene rings is 2. The van der Waals surface area contributed by atoms with Crippen molar-refractivity contribution >= 4 is 17.3 Å². The van der Waals surface area contributed by atoms with E-state index >= 15 is 0 Å². The van der Waals surface area contributed by atoms with E-state index in [1.165, 1.54) is 6.07 Å². The first-order valence-corrected chi connectivity index (χ1v) is 11.0. The summed E-state index contributed by atoms with van der Waals surface area (Å²) in [5.41, 5.74) is 1.87. The van der Waals surface area contributed by atoms with Gasteiger partial charge in [-0.15, -0.1) is 0 Å². The third-order valence-electron chi connectivity index (χ3n) is 6.80. The number of halogens is 3. The smallest absolute Gasteiger partial charge is 0.378 e. The number of hydrogen-bond donors (Lipinski definition) is 0. The van der Waals surface area contributed by atoms with Gasteiger partial charge in [0.25, 0.3) is 0 Å². The molecule has 0 aromatic heterocycles. The molecule has 8 heteroatoms. The number of hydrogen-bond acceptors (Lipinski definition) is 4. The van der Waals surface area contributed by atoms with Gasteiger partial charge in [0.1, 0.15) is 0 Å². The van der Waals surface area contributed by atoms with Gasteiger partial charge in [0.05, 0.1) is 30.7 Å². The van der Waals surface area contributed by atoms with E-state index in [4.69, 9.17) is 4.74 Å². The molecule has 0 bridgehead atoms. The second-order valence-electron chi connectivity index (χ2n) is 8.63. The van der Waals surface area contributed by atoms with Gasteiger partial charge < -0.3 is 19.4 Å². The van der Waals surface area contributed by atoms with Crippen molar-refractivity contribution in [2.75, 3.05) is 55.7 Å². The molecule has 0 radical (unpaired) electrons. The van der Waals surface area contributed by atoms with Crippen LogP contribution in [0.4, 0.5) is 24.5 Å². The summed E-state index contributed by atoms with van der Waals surface area (Å²) >= 11 is 0. The van der Waals surface area contributed by atoms with Crippen molar-refractivity contribution < 1.29 is 22.7 Å². The van der Waals surface area contributed by atoms with Crippen LogP contribution in [0.25, 0.3) is 0 Å². The fraction of sp³-hybridized carbons (Fsp3) is 0.458. The van der Waals surface area contributed by atoms with E-state index in [0.717, 1.165) is 24.0 Å². The van der Waals surface area contributed by atoms with Crippen LogP contribution in [0.2, 0.25) is 0 Å². The van der Waals surface area contributed by atoms with Crippen LogP contribution in [0, 0.1) is 5.92 Å². The molecule has 2 aromatic carbocycles. The first-order chi connectivity index (χ1) is 15.4. The lowest BCUT2D eigenvalue weighted by Gasteiger charge is -2.50. The highest BCUT2D eigenvalue weighted by Gasteiger charge is 2.44. The Kier molecular flexibility index (Phi) is 5.49. The summed E-state index contributed by atoms with van der Waals surface area (Å²) < 4.78 is 45.5. The fourth-order valence-electron chi connectivity index (χ4n) is 5.18. The third kappa shape index (κ3) is 3.92. The summed E-state index contributed by atoms with van der Waals surface area (Å²) in [7, 11) is 0. The minimum absolute atomic E-state index is 0.0151. The zero-order valence-corrected chi connectivity index (χ0v) is 17.7. The van der Waals surface area contributed by atoms with Crippen molar-refractivity contribution in [3.05, 3.63) is 59.7 Å². The highest BCUT2D eigenvalue weighted by atomic mass is 19.4. The Hall–Kier alpha value is -2.74. The SMILES string of the molecule is O=C(C1Cc2cc(C(F)(F)F)ccc2N2CCN(c3ccccc3)CC12)N1CCOCC1. The Bertz CT molecular complexity index is 976. The van der Waals surface area contributed by atoms with Crippen molar-refractivity contribution in [1.29, 1.82) is 0 Å². The minimum atomic E-state index is -4.40. The molecule has 5 rings (SSSR count). The lowest BCUT2D eigenvalue weighted by atomic mass is 9.82. The zero-order chi connectivity index (χ0) is 22.3. The molecule has 2 unspecified atom stereocenters. The molecular weight excluding hydrogens is 419 g/mol. The second-order valence-corrected chi connectivity index (χ2v) is 8.63. The lowest BCUT2D eigenvalue weighted by molar-refractivity contribution is -0.140. The van der Waals surface area contributed by atoms with Gasteiger partial charge in [-0.25, -0.2) is 0 Å². The summed E-state index contributed by atoms with van der Waals surface area (Å²) in [6.07, 6.45) is -4.08. The van der Waals surface area contributed by atoms with Crippen LogP contribution >= 0.6 is 0 Å². The van der Waals surface area contributed by atoms with Gasteiger partial charge in [0.15, 0.2) is 0 Å². The van der Waals surface area contributed by atoms with Gasteiger partial charge in [0, 0.05) is 44.1 Å². The number of anilines is 2. The number of ether oxygens (including phenoxy) is 1. The molecule has 0 aliphatic carbocycles. The number of carbonyl (C=O) groups is 1. The van der Waals surface area contributed by atoms with Gasteiger partial charge in [-0.2, -0.15) is 13.2 Å². The predicted molar refractivity (Wildman–Crippen MR) is 116 cm³/mol. The van der Waals surface area contributed by atoms with Crippen molar-refractivity contribution in [2.24, 2.45) is 5.92 Å². The monoisotopic (exact) mass is 445 g/mol. The van der Waals surface area contributed by atoms with Crippen LogP contribution in [0.15, 0.2) is 48.5 Å². The van der Waals surface area contributed by atoms with Crippen LogP contribution in [-0.4, -0.2) is 62.8 Å². The van der Waals surface area contributed by atoms with Gasteiger partial charge in [-0.1, -0.05) is 18.2 Å². The Morgan fingerprint density at radius 2 is 1.72 bits per heavy atom. The second kappa shape index (κ2) is 8.31. The topological polar surface area (TPSA) is 36.0 Å². The zero-order valence-electron chi connectivity index (χ0n) is 17.7. The van der Waals surface area contributed by atoms with Gasteiger partial charge in [0.2, 0.25) is 5.91 Å². The number of fused-ring (bicyclic) bond motifs is 3. The van der Waals surface area contributed by atoms with E-state index in [1.807, 2.05) is 23.1 Å². The molecule has 3 aliphatic rings. The molecule has 2 atom stereocenters. The van der Waals surface area contributed by atoms with Crippen LogP contribution in [-0.2, 0) is 22.1 Å². The molecule has 1 amide bonds. The van der Waals surface area contributed by atoms with Crippen molar-refractivity contribution in [2.45, 2.75) is 18.6 Å². The Balaban J connectivity index is 1.49. The number of alkyl halides is 3. The molecule has 170 valence electrons. The largest absolute Gasteiger partial charge is 0.416 e. The number of amides is 1. The molecule has 0 N–H and O–H groups in total. The predicted octanol–water partition coefficient (Wildman–Crippen LogP) is 3.43. The molecule has 3 aliphatic heterocycles. The van der Waals surface area contributed by atoms with Crippen molar-refractivity contribution in [1.82, 2.24) is 4.90 Å². The fourth-order valence-corrected chi connectivity index (χ4v) is 5.18. The number of rotatable bonds is 2. The van der Waals surface area contributed by atoms with Crippen molar-refractivity contribution in [3.8, 4) is 0 Å². The molecule has 2 saturated heterocycles. The molecule has 2 fully saturated rings. The highest BCUT2D eigenvalue weighted by Crippen LogP contribution is 2.40. The van der Waals surface area contributed by atoms with E-state index in [9.17, 15) is 18.0 Å². The quantitative estimate of drug-likeness (QED) is 0.710. The van der Waals surface area contributed by atoms with Crippen molar-refractivity contribution in [3.63, 3.8) is 0 Å². The van der Waals surface area contributed by atoms with Crippen LogP contribution in [0.5, 0.6) is 0 Å². The standard InChI is InChI=1S/C24H26F3N3O2/c25-24(26,27)18-6-7-21-17(14-18)15-20(23(31)28-10-12-32-13-11-28)22-16-29(8-9-30(21)22)19-4-2-1-3-5-19/h1-7,14,20,22H,8-13,15-16H2. The molecule has 0 spiro atoms. The van der Waals surface area contributed by atoms with Gasteiger partial charge in [-0.3, -0.25) is 4.79 Å². The summed E-state index contributed by atoms with van der Waals surface area (Å²) in [4.78, 5) is 19.8. The average molecular weight is 445 g/mol. The highest BCUT2D eigenvalue weighted by molar-refractivity contribution is 5.82. The molecule has 2 aromatic rings. The summed E-state index contributed by atoms with van der Waals surface area (Å²) in [6, 6.07) is 13.9. The lowest BCUT2D eigenvalue weighted by Crippen LogP contribution is -2.62. The Morgan fingerprint density at radius 3 is 2.44 bits per heavy atom. The molecule has 32 heavy (non-hydrogen) atoms. The van der Waals surface area contributed by atoms with E-state index < -0.39 is 17.7 Å². The van der Waals surface area contributed by atoms with Gasteiger partial charge in [-0.05, 0) is 42.3 Å². The first-order valence-electron chi connectivity index (χ1n) is 11.0. The maximum Gasteiger partial charge on any atom is 0.416 e. The Labute approximate surface area is 185 Å². The number of nitrogens with zero attached hydrogens (tertiary/aromatic N) is 3. The molecular formula is C24H26F3N3O2. The van der Waals surface area contributed by atoms with Crippen LogP contribution in [0.3, 0.4) is 0 Å². The third-order valence-corrected chi connectivity index (χ3v) is 6.80. The van der Waals surface area contributed by atoms with E-state index in [0.29, 0.717) is 51.4 Å². The van der Waals surface area contributed by atoms with Crippen LogP contribution in [0.1, 0.15) is 11.1 Å². The van der Waals surface area contributed by atoms with E-state index in [2.05, 4.69) is 21.9 Å².